The van der Waals surface area contributed by atoms with Crippen LogP contribution in [0.25, 0.3) is 0 Å². The summed E-state index contributed by atoms with van der Waals surface area (Å²) in [5, 5.41) is 0. The minimum atomic E-state index is -4.36. The third-order valence-corrected chi connectivity index (χ3v) is 11.1. The fourth-order valence-electron chi connectivity index (χ4n) is 6.54. The Hall–Kier alpha value is -0.990. The van der Waals surface area contributed by atoms with E-state index in [1.54, 1.807) is 0 Å². The molecule has 0 spiro atoms. The highest BCUT2D eigenvalue weighted by Gasteiger charge is 2.27. The fourth-order valence-corrected chi connectivity index (χ4v) is 7.29. The first-order valence-corrected chi connectivity index (χ1v) is 24.3. The van der Waals surface area contributed by atoms with Gasteiger partial charge in [-0.25, -0.2) is 4.57 Å². The van der Waals surface area contributed by atoms with Gasteiger partial charge in [0.15, 0.2) is 6.10 Å². The SMILES string of the molecule is CCCCCCCCCCCCCCCCCCCCCC(=O)OC[C@@H](COP(=O)(O)OCC[N+](C)(C)C)OC(=O)CCCCCCCCCCCCC. The maximum Gasteiger partial charge on any atom is 0.472 e. The highest BCUT2D eigenvalue weighted by Crippen LogP contribution is 2.43. The molecule has 322 valence electrons. The number of quaternary nitrogens is 1. The maximum atomic E-state index is 12.6. The molecule has 0 rings (SSSR count). The molecule has 0 aromatic rings. The molecular formula is C44H89NO8P+. The summed E-state index contributed by atoms with van der Waals surface area (Å²) in [7, 11) is 1.49. The van der Waals surface area contributed by atoms with Gasteiger partial charge in [0.2, 0.25) is 0 Å². The summed E-state index contributed by atoms with van der Waals surface area (Å²) in [5.74, 6) is -0.784. The Morgan fingerprint density at radius 1 is 0.500 bits per heavy atom. The number of ether oxygens (including phenoxy) is 2. The van der Waals surface area contributed by atoms with E-state index in [4.69, 9.17) is 18.5 Å². The molecule has 0 saturated carbocycles. The molecule has 0 bridgehead atoms. The molecule has 0 radical (unpaired) electrons. The van der Waals surface area contributed by atoms with Crippen molar-refractivity contribution in [1.82, 2.24) is 0 Å². The van der Waals surface area contributed by atoms with E-state index < -0.39 is 26.5 Å². The third-order valence-electron chi connectivity index (χ3n) is 10.1. The Balaban J connectivity index is 4.22. The fraction of sp³-hybridized carbons (Fsp3) is 0.955. The summed E-state index contributed by atoms with van der Waals surface area (Å²) in [6, 6.07) is 0. The molecule has 0 fully saturated rings. The molecule has 0 aliphatic heterocycles. The number of esters is 2. The van der Waals surface area contributed by atoms with Crippen molar-refractivity contribution in [2.24, 2.45) is 0 Å². The molecule has 0 heterocycles. The third kappa shape index (κ3) is 40.7. The Morgan fingerprint density at radius 2 is 0.833 bits per heavy atom. The Labute approximate surface area is 334 Å². The Morgan fingerprint density at radius 3 is 1.19 bits per heavy atom. The molecule has 0 saturated heterocycles. The Bertz CT molecular complexity index is 896. The molecule has 1 N–H and O–H groups in total. The highest BCUT2D eigenvalue weighted by atomic mass is 31.2. The van der Waals surface area contributed by atoms with Crippen LogP contribution < -0.4 is 0 Å². The van der Waals surface area contributed by atoms with Gasteiger partial charge >= 0.3 is 19.8 Å². The summed E-state index contributed by atoms with van der Waals surface area (Å²) in [6.45, 7) is 4.45. The van der Waals surface area contributed by atoms with Gasteiger partial charge < -0.3 is 18.9 Å². The van der Waals surface area contributed by atoms with Gasteiger partial charge in [0.25, 0.3) is 0 Å². The zero-order chi connectivity index (χ0) is 40.0. The van der Waals surface area contributed by atoms with Crippen LogP contribution >= 0.6 is 7.82 Å². The van der Waals surface area contributed by atoms with Crippen molar-refractivity contribution in [1.29, 1.82) is 0 Å². The average molecular weight is 791 g/mol. The van der Waals surface area contributed by atoms with E-state index in [9.17, 15) is 19.0 Å². The second-order valence-electron chi connectivity index (χ2n) is 16.8. The van der Waals surface area contributed by atoms with Crippen molar-refractivity contribution in [2.75, 3.05) is 47.5 Å². The lowest BCUT2D eigenvalue weighted by molar-refractivity contribution is -0.870. The van der Waals surface area contributed by atoms with Crippen LogP contribution in [0.15, 0.2) is 0 Å². The van der Waals surface area contributed by atoms with E-state index in [2.05, 4.69) is 13.8 Å². The molecule has 9 nitrogen and oxygen atoms in total. The number of carbonyl (C=O) groups excluding carboxylic acids is 2. The van der Waals surface area contributed by atoms with E-state index in [0.717, 1.165) is 38.5 Å². The maximum absolute atomic E-state index is 12.6. The van der Waals surface area contributed by atoms with Crippen molar-refractivity contribution in [3.8, 4) is 0 Å². The first-order chi connectivity index (χ1) is 26.0. The number of carbonyl (C=O) groups is 2. The number of phosphoric acid groups is 1. The van der Waals surface area contributed by atoms with Crippen LogP contribution in [0.5, 0.6) is 0 Å². The van der Waals surface area contributed by atoms with Crippen molar-refractivity contribution < 1.29 is 42.1 Å². The van der Waals surface area contributed by atoms with E-state index in [0.29, 0.717) is 17.4 Å². The predicted octanol–water partition coefficient (Wildman–Crippen LogP) is 12.8. The van der Waals surface area contributed by atoms with E-state index in [1.165, 1.54) is 154 Å². The lowest BCUT2D eigenvalue weighted by atomic mass is 10.0. The summed E-state index contributed by atoms with van der Waals surface area (Å²) < 4.78 is 34.3. The van der Waals surface area contributed by atoms with Gasteiger partial charge in [-0.15, -0.1) is 0 Å². The number of hydrogen-bond donors (Lipinski definition) is 1. The van der Waals surface area contributed by atoms with Crippen LogP contribution in [0.4, 0.5) is 0 Å². The highest BCUT2D eigenvalue weighted by molar-refractivity contribution is 7.47. The van der Waals surface area contributed by atoms with Crippen molar-refractivity contribution in [2.45, 2.75) is 225 Å². The minimum absolute atomic E-state index is 0.0367. The number of hydrogen-bond acceptors (Lipinski definition) is 7. The molecule has 0 aliphatic rings. The standard InChI is InChI=1S/C44H88NO8P/c1-6-8-10-12-14-16-18-19-20-21-22-23-24-25-27-28-30-32-34-36-43(46)50-40-42(41-52-54(48,49)51-39-38-45(3,4)5)53-44(47)37-35-33-31-29-26-17-15-13-11-9-7-2/h42H,6-41H2,1-5H3/p+1/t42-/m0/s1. The second kappa shape index (κ2) is 37.6. The molecule has 0 amide bonds. The smallest absolute Gasteiger partial charge is 0.462 e. The monoisotopic (exact) mass is 791 g/mol. The molecule has 10 heteroatoms. The zero-order valence-electron chi connectivity index (χ0n) is 36.2. The largest absolute Gasteiger partial charge is 0.472 e. The topological polar surface area (TPSA) is 108 Å². The number of nitrogens with zero attached hydrogens (tertiary/aromatic N) is 1. The van der Waals surface area contributed by atoms with Gasteiger partial charge in [0.05, 0.1) is 27.7 Å². The van der Waals surface area contributed by atoms with E-state index >= 15 is 0 Å². The predicted molar refractivity (Wildman–Crippen MR) is 225 cm³/mol. The van der Waals surface area contributed by atoms with Crippen LogP contribution in [-0.2, 0) is 32.7 Å². The second-order valence-corrected chi connectivity index (χ2v) is 18.3. The van der Waals surface area contributed by atoms with Crippen molar-refractivity contribution >= 4 is 19.8 Å². The van der Waals surface area contributed by atoms with Gasteiger partial charge in [0.1, 0.15) is 19.8 Å². The molecule has 0 aliphatic carbocycles. The number of unbranched alkanes of at least 4 members (excludes halogenated alkanes) is 28. The van der Waals surface area contributed by atoms with Crippen LogP contribution in [0.3, 0.4) is 0 Å². The molecule has 0 aromatic heterocycles. The lowest BCUT2D eigenvalue weighted by Crippen LogP contribution is -2.37. The van der Waals surface area contributed by atoms with Crippen molar-refractivity contribution in [3.05, 3.63) is 0 Å². The number of likely N-dealkylation sites (N-methyl/N-ethyl adjacent to an activating group) is 1. The van der Waals surface area contributed by atoms with Crippen molar-refractivity contribution in [3.63, 3.8) is 0 Å². The normalized spacial score (nSPS) is 13.5. The molecule has 54 heavy (non-hydrogen) atoms. The summed E-state index contributed by atoms with van der Waals surface area (Å²) in [5.41, 5.74) is 0. The van der Waals surface area contributed by atoms with Gasteiger partial charge in [0, 0.05) is 12.8 Å². The van der Waals surface area contributed by atoms with Crippen LogP contribution in [-0.4, -0.2) is 74.9 Å². The van der Waals surface area contributed by atoms with Crippen LogP contribution in [0.2, 0.25) is 0 Å². The zero-order valence-corrected chi connectivity index (χ0v) is 37.1. The molecule has 0 aromatic carbocycles. The molecule has 2 atom stereocenters. The van der Waals surface area contributed by atoms with Crippen LogP contribution in [0, 0.1) is 0 Å². The molecular weight excluding hydrogens is 701 g/mol. The summed E-state index contributed by atoms with van der Waals surface area (Å²) in [4.78, 5) is 35.3. The van der Waals surface area contributed by atoms with E-state index in [1.807, 2.05) is 21.1 Å². The number of rotatable bonds is 42. The minimum Gasteiger partial charge on any atom is -0.462 e. The first-order valence-electron chi connectivity index (χ1n) is 22.8. The summed E-state index contributed by atoms with van der Waals surface area (Å²) in [6.07, 6.45) is 37.2. The van der Waals surface area contributed by atoms with Gasteiger partial charge in [-0.3, -0.25) is 18.6 Å². The quantitative estimate of drug-likeness (QED) is 0.0282. The van der Waals surface area contributed by atoms with Gasteiger partial charge in [-0.1, -0.05) is 194 Å². The number of phosphoric ester groups is 1. The van der Waals surface area contributed by atoms with Gasteiger partial charge in [-0.05, 0) is 12.8 Å². The van der Waals surface area contributed by atoms with Gasteiger partial charge in [-0.2, -0.15) is 0 Å². The average Bonchev–Trinajstić information content (AvgIpc) is 3.12. The Kier molecular flexibility index (Phi) is 36.9. The lowest BCUT2D eigenvalue weighted by Gasteiger charge is -2.24. The summed E-state index contributed by atoms with van der Waals surface area (Å²) >= 11 is 0. The van der Waals surface area contributed by atoms with E-state index in [-0.39, 0.29) is 25.6 Å². The first kappa shape index (κ1) is 53.0. The van der Waals surface area contributed by atoms with Crippen LogP contribution in [0.1, 0.15) is 219 Å². The molecule has 1 unspecified atom stereocenters.